The quantitative estimate of drug-likeness (QED) is 0.363. The van der Waals surface area contributed by atoms with Crippen LogP contribution in [0.25, 0.3) is 0 Å². The Balaban J connectivity index is 1.36. The van der Waals surface area contributed by atoms with Crippen LogP contribution in [0.4, 0.5) is 4.39 Å². The first-order valence-electron chi connectivity index (χ1n) is 13.2. The standard InChI is InChI=1S/C30H47F/c1-21-22(2)24(4)30(25(5)23(21)3)11-7-6-9-26-12-16-28(17-13-26)29-18-14-27(15-19-29)10-8-20-31/h8,20,26-29H,6-7,9-19H2,1-5H3/b20-8+. The Bertz CT molecular complexity index is 698. The van der Waals surface area contributed by atoms with E-state index in [4.69, 9.17) is 0 Å². The summed E-state index contributed by atoms with van der Waals surface area (Å²) in [5, 5.41) is 0. The van der Waals surface area contributed by atoms with Crippen molar-refractivity contribution in [3.8, 4) is 0 Å². The second-order valence-electron chi connectivity index (χ2n) is 11.0. The highest BCUT2D eigenvalue weighted by Gasteiger charge is 2.30. The number of rotatable bonds is 8. The number of halogens is 1. The van der Waals surface area contributed by atoms with Crippen molar-refractivity contribution in [1.29, 1.82) is 0 Å². The fraction of sp³-hybridized carbons (Fsp3) is 0.733. The number of hydrogen-bond donors (Lipinski definition) is 0. The summed E-state index contributed by atoms with van der Waals surface area (Å²) in [6.45, 7) is 11.5. The van der Waals surface area contributed by atoms with Crippen LogP contribution in [0, 0.1) is 58.3 Å². The first-order valence-corrected chi connectivity index (χ1v) is 13.2. The molecule has 2 aliphatic rings. The normalized spacial score (nSPS) is 27.2. The second-order valence-corrected chi connectivity index (χ2v) is 11.0. The molecule has 0 heterocycles. The Kier molecular flexibility index (Phi) is 9.23. The van der Waals surface area contributed by atoms with Gasteiger partial charge >= 0.3 is 0 Å². The van der Waals surface area contributed by atoms with Crippen molar-refractivity contribution in [2.45, 2.75) is 118 Å². The molecule has 0 bridgehead atoms. The van der Waals surface area contributed by atoms with Gasteiger partial charge in [-0.15, -0.1) is 0 Å². The third kappa shape index (κ3) is 6.23. The van der Waals surface area contributed by atoms with Gasteiger partial charge in [-0.25, -0.2) is 4.39 Å². The van der Waals surface area contributed by atoms with Crippen molar-refractivity contribution in [2.24, 2.45) is 23.7 Å². The first kappa shape index (κ1) is 24.5. The second kappa shape index (κ2) is 11.7. The molecule has 1 aromatic rings. The molecule has 2 fully saturated rings. The van der Waals surface area contributed by atoms with Gasteiger partial charge < -0.3 is 0 Å². The molecule has 0 unspecified atom stereocenters. The molecular formula is C30H47F. The van der Waals surface area contributed by atoms with Crippen LogP contribution in [0.1, 0.15) is 110 Å². The van der Waals surface area contributed by atoms with Crippen LogP contribution in [0.5, 0.6) is 0 Å². The van der Waals surface area contributed by atoms with Crippen LogP contribution in [0.3, 0.4) is 0 Å². The van der Waals surface area contributed by atoms with Crippen molar-refractivity contribution in [2.75, 3.05) is 0 Å². The molecule has 0 saturated heterocycles. The predicted molar refractivity (Wildman–Crippen MR) is 133 cm³/mol. The van der Waals surface area contributed by atoms with Crippen molar-refractivity contribution in [3.05, 3.63) is 45.8 Å². The minimum absolute atomic E-state index is 0.735. The van der Waals surface area contributed by atoms with Crippen molar-refractivity contribution in [3.63, 3.8) is 0 Å². The lowest BCUT2D eigenvalue weighted by atomic mass is 9.68. The molecule has 0 aliphatic heterocycles. The van der Waals surface area contributed by atoms with Gasteiger partial charge in [0.05, 0.1) is 6.33 Å². The van der Waals surface area contributed by atoms with Crippen molar-refractivity contribution in [1.82, 2.24) is 0 Å². The van der Waals surface area contributed by atoms with E-state index in [2.05, 4.69) is 34.6 Å². The third-order valence-electron chi connectivity index (χ3n) is 9.45. The topological polar surface area (TPSA) is 0 Å². The molecule has 0 amide bonds. The van der Waals surface area contributed by atoms with E-state index < -0.39 is 0 Å². The molecule has 0 aromatic heterocycles. The molecule has 0 N–H and O–H groups in total. The average Bonchev–Trinajstić information content (AvgIpc) is 2.80. The highest BCUT2D eigenvalue weighted by atomic mass is 19.1. The predicted octanol–water partition coefficient (Wildman–Crippen LogP) is 9.43. The van der Waals surface area contributed by atoms with Crippen LogP contribution in [-0.2, 0) is 6.42 Å². The SMILES string of the molecule is Cc1c(C)c(C)c(CCCCC2CCC(C3CCC(C/C=C/F)CC3)CC2)c(C)c1C. The Morgan fingerprint density at radius 1 is 0.645 bits per heavy atom. The summed E-state index contributed by atoms with van der Waals surface area (Å²) in [4.78, 5) is 0. The van der Waals surface area contributed by atoms with E-state index in [1.807, 2.05) is 0 Å². The molecule has 31 heavy (non-hydrogen) atoms. The molecule has 2 aliphatic carbocycles. The van der Waals surface area contributed by atoms with E-state index >= 15 is 0 Å². The maximum absolute atomic E-state index is 12.3. The minimum Gasteiger partial charge on any atom is -0.216 e. The number of allylic oxidation sites excluding steroid dienone is 1. The van der Waals surface area contributed by atoms with Gasteiger partial charge in [-0.2, -0.15) is 0 Å². The Hall–Kier alpha value is -1.11. The van der Waals surface area contributed by atoms with E-state index in [1.165, 1.54) is 105 Å². The highest BCUT2D eigenvalue weighted by molar-refractivity contribution is 5.49. The van der Waals surface area contributed by atoms with Crippen molar-refractivity contribution >= 4 is 0 Å². The zero-order chi connectivity index (χ0) is 22.4. The molecule has 0 atom stereocenters. The lowest BCUT2D eigenvalue weighted by Gasteiger charge is -2.37. The van der Waals surface area contributed by atoms with Gasteiger partial charge in [0, 0.05) is 0 Å². The van der Waals surface area contributed by atoms with Crippen LogP contribution in [0.15, 0.2) is 12.4 Å². The highest BCUT2D eigenvalue weighted by Crippen LogP contribution is 2.43. The third-order valence-corrected chi connectivity index (χ3v) is 9.45. The van der Waals surface area contributed by atoms with Gasteiger partial charge in [-0.05, 0) is 149 Å². The molecule has 0 spiro atoms. The monoisotopic (exact) mass is 426 g/mol. The zero-order valence-corrected chi connectivity index (χ0v) is 21.0. The molecule has 0 nitrogen and oxygen atoms in total. The fourth-order valence-corrected chi connectivity index (χ4v) is 6.77. The molecule has 174 valence electrons. The molecule has 3 rings (SSSR count). The summed E-state index contributed by atoms with van der Waals surface area (Å²) in [7, 11) is 0. The van der Waals surface area contributed by atoms with Gasteiger partial charge in [0.1, 0.15) is 0 Å². The van der Waals surface area contributed by atoms with Crippen LogP contribution in [0.2, 0.25) is 0 Å². The molecule has 1 heteroatoms. The Labute approximate surface area is 192 Å². The number of benzene rings is 1. The summed E-state index contributed by atoms with van der Waals surface area (Å²) < 4.78 is 12.3. The smallest absolute Gasteiger partial charge is 0.0827 e. The van der Waals surface area contributed by atoms with Crippen molar-refractivity contribution < 1.29 is 4.39 Å². The summed E-state index contributed by atoms with van der Waals surface area (Å²) >= 11 is 0. The summed E-state index contributed by atoms with van der Waals surface area (Å²) in [6.07, 6.45) is 20.2. The average molecular weight is 427 g/mol. The van der Waals surface area contributed by atoms with Gasteiger partial charge in [-0.1, -0.05) is 31.8 Å². The molecular weight excluding hydrogens is 379 g/mol. The van der Waals surface area contributed by atoms with E-state index in [9.17, 15) is 4.39 Å². The van der Waals surface area contributed by atoms with E-state index in [0.717, 1.165) is 36.4 Å². The Morgan fingerprint density at radius 2 is 1.13 bits per heavy atom. The van der Waals surface area contributed by atoms with Crippen LogP contribution < -0.4 is 0 Å². The van der Waals surface area contributed by atoms with Gasteiger partial charge in [0.25, 0.3) is 0 Å². The van der Waals surface area contributed by atoms with Gasteiger partial charge in [-0.3, -0.25) is 0 Å². The molecule has 0 radical (unpaired) electrons. The first-order chi connectivity index (χ1) is 14.9. The zero-order valence-electron chi connectivity index (χ0n) is 21.0. The largest absolute Gasteiger partial charge is 0.216 e. The lowest BCUT2D eigenvalue weighted by Crippen LogP contribution is -2.25. The van der Waals surface area contributed by atoms with Gasteiger partial charge in [0.2, 0.25) is 0 Å². The summed E-state index contributed by atoms with van der Waals surface area (Å²) in [6, 6.07) is 0. The van der Waals surface area contributed by atoms with Gasteiger partial charge in [0.15, 0.2) is 0 Å². The van der Waals surface area contributed by atoms with E-state index in [0.29, 0.717) is 0 Å². The number of hydrogen-bond acceptors (Lipinski definition) is 0. The van der Waals surface area contributed by atoms with E-state index in [-0.39, 0.29) is 0 Å². The summed E-state index contributed by atoms with van der Waals surface area (Å²) in [5.74, 6) is 3.67. The molecule has 2 saturated carbocycles. The number of unbranched alkanes of at least 4 members (excludes halogenated alkanes) is 1. The lowest BCUT2D eigenvalue weighted by molar-refractivity contribution is 0.143. The van der Waals surface area contributed by atoms with Crippen LogP contribution in [-0.4, -0.2) is 0 Å². The maximum Gasteiger partial charge on any atom is 0.0827 e. The van der Waals surface area contributed by atoms with E-state index in [1.54, 1.807) is 11.6 Å². The summed E-state index contributed by atoms with van der Waals surface area (Å²) in [5.41, 5.74) is 9.20. The maximum atomic E-state index is 12.3. The molecule has 1 aromatic carbocycles. The Morgan fingerprint density at radius 3 is 1.65 bits per heavy atom. The fourth-order valence-electron chi connectivity index (χ4n) is 6.77. The van der Waals surface area contributed by atoms with Crippen LogP contribution >= 0.6 is 0 Å². The minimum atomic E-state index is 0.735.